The highest BCUT2D eigenvalue weighted by molar-refractivity contribution is 5.48. The van der Waals surface area contributed by atoms with Gasteiger partial charge in [-0.1, -0.05) is 6.07 Å². The Balaban J connectivity index is 2.25. The van der Waals surface area contributed by atoms with Gasteiger partial charge in [0.05, 0.1) is 18.8 Å². The lowest BCUT2D eigenvalue weighted by Gasteiger charge is -2.38. The van der Waals surface area contributed by atoms with E-state index >= 15 is 0 Å². The van der Waals surface area contributed by atoms with Gasteiger partial charge in [-0.05, 0) is 38.4 Å². The van der Waals surface area contributed by atoms with Crippen molar-refractivity contribution in [2.24, 2.45) is 5.73 Å². The minimum Gasteiger partial charge on any atom is -0.375 e. The van der Waals surface area contributed by atoms with E-state index in [1.54, 1.807) is 0 Å². The largest absolute Gasteiger partial charge is 0.375 e. The average Bonchev–Trinajstić information content (AvgIpc) is 2.34. The first kappa shape index (κ1) is 12.3. The van der Waals surface area contributed by atoms with Crippen molar-refractivity contribution in [2.75, 3.05) is 24.6 Å². The first-order valence-corrected chi connectivity index (χ1v) is 6.24. The van der Waals surface area contributed by atoms with Crippen LogP contribution in [0.4, 0.5) is 5.82 Å². The number of nitrogens with two attached hydrogens (primary N) is 1. The van der Waals surface area contributed by atoms with Crippen LogP contribution in [0.5, 0.6) is 0 Å². The number of morpholine rings is 1. The smallest absolute Gasteiger partial charge is 0.132 e. The van der Waals surface area contributed by atoms with Crippen LogP contribution in [0.15, 0.2) is 18.3 Å². The van der Waals surface area contributed by atoms with Crippen molar-refractivity contribution in [2.45, 2.75) is 32.4 Å². The first-order valence-electron chi connectivity index (χ1n) is 6.24. The molecule has 4 heteroatoms. The Labute approximate surface area is 103 Å². The zero-order chi connectivity index (χ0) is 12.3. The second kappa shape index (κ2) is 5.47. The molecule has 2 atom stereocenters. The van der Waals surface area contributed by atoms with Gasteiger partial charge in [-0.15, -0.1) is 0 Å². The van der Waals surface area contributed by atoms with Crippen LogP contribution in [0, 0.1) is 0 Å². The molecule has 0 bridgehead atoms. The van der Waals surface area contributed by atoms with Gasteiger partial charge in [0.25, 0.3) is 0 Å². The Hall–Kier alpha value is -1.13. The van der Waals surface area contributed by atoms with E-state index in [0.717, 1.165) is 25.4 Å². The molecule has 2 N–H and O–H groups in total. The molecular weight excluding hydrogens is 214 g/mol. The summed E-state index contributed by atoms with van der Waals surface area (Å²) in [4.78, 5) is 6.85. The van der Waals surface area contributed by atoms with Crippen molar-refractivity contribution in [3.63, 3.8) is 0 Å². The Bertz CT molecular complexity index is 369. The maximum atomic E-state index is 5.65. The van der Waals surface area contributed by atoms with Crippen molar-refractivity contribution in [1.82, 2.24) is 4.98 Å². The van der Waals surface area contributed by atoms with Crippen LogP contribution in [0.2, 0.25) is 0 Å². The van der Waals surface area contributed by atoms with E-state index in [4.69, 9.17) is 10.5 Å². The summed E-state index contributed by atoms with van der Waals surface area (Å²) in [5.41, 5.74) is 6.88. The zero-order valence-corrected chi connectivity index (χ0v) is 10.6. The van der Waals surface area contributed by atoms with E-state index in [2.05, 4.69) is 29.8 Å². The summed E-state index contributed by atoms with van der Waals surface area (Å²) in [5, 5.41) is 0. The molecule has 4 nitrogen and oxygen atoms in total. The van der Waals surface area contributed by atoms with Crippen molar-refractivity contribution in [3.05, 3.63) is 23.9 Å². The van der Waals surface area contributed by atoms with Gasteiger partial charge in [-0.3, -0.25) is 0 Å². The fourth-order valence-electron chi connectivity index (χ4n) is 2.24. The third kappa shape index (κ3) is 2.76. The number of nitrogens with zero attached hydrogens (tertiary/aromatic N) is 2. The molecule has 2 rings (SSSR count). The van der Waals surface area contributed by atoms with Crippen LogP contribution < -0.4 is 10.6 Å². The molecule has 0 aromatic carbocycles. The summed E-state index contributed by atoms with van der Waals surface area (Å²) >= 11 is 0. The minimum absolute atomic E-state index is 0.263. The van der Waals surface area contributed by atoms with E-state index in [1.165, 1.54) is 5.56 Å². The lowest BCUT2D eigenvalue weighted by Crippen LogP contribution is -2.48. The molecule has 0 aliphatic carbocycles. The summed E-state index contributed by atoms with van der Waals surface area (Å²) in [5.74, 6) is 1.07. The molecule has 1 saturated heterocycles. The van der Waals surface area contributed by atoms with E-state index in [1.807, 2.05) is 12.3 Å². The predicted octanol–water partition coefficient (Wildman–Crippen LogP) is 1.20. The van der Waals surface area contributed by atoms with Gasteiger partial charge < -0.3 is 15.4 Å². The van der Waals surface area contributed by atoms with Crippen molar-refractivity contribution < 1.29 is 4.74 Å². The number of ether oxygens (including phenoxy) is 1. The third-order valence-electron chi connectivity index (χ3n) is 3.16. The maximum Gasteiger partial charge on any atom is 0.132 e. The first-order chi connectivity index (χ1) is 8.22. The Morgan fingerprint density at radius 3 is 3.12 bits per heavy atom. The van der Waals surface area contributed by atoms with Gasteiger partial charge in [-0.2, -0.15) is 0 Å². The molecule has 2 unspecified atom stereocenters. The van der Waals surface area contributed by atoms with Crippen LogP contribution in [0.3, 0.4) is 0 Å². The third-order valence-corrected chi connectivity index (χ3v) is 3.16. The molecule has 0 saturated carbocycles. The second-order valence-corrected chi connectivity index (χ2v) is 4.67. The SMILES string of the molecule is CC1CN(c2ncccc2CCN)C(C)CO1. The number of aromatic nitrogens is 1. The standard InChI is InChI=1S/C13H21N3O/c1-10-9-17-11(2)8-16(10)13-12(5-6-14)4-3-7-15-13/h3-4,7,10-11H,5-6,8-9,14H2,1-2H3. The number of hydrogen-bond donors (Lipinski definition) is 1. The molecule has 1 aliphatic rings. The highest BCUT2D eigenvalue weighted by atomic mass is 16.5. The van der Waals surface area contributed by atoms with Gasteiger partial charge in [0.1, 0.15) is 5.82 Å². The molecule has 0 radical (unpaired) electrons. The van der Waals surface area contributed by atoms with Crippen molar-refractivity contribution in [3.8, 4) is 0 Å². The fraction of sp³-hybridized carbons (Fsp3) is 0.615. The number of pyridine rings is 1. The lowest BCUT2D eigenvalue weighted by molar-refractivity contribution is 0.0340. The second-order valence-electron chi connectivity index (χ2n) is 4.67. The summed E-state index contributed by atoms with van der Waals surface area (Å²) in [6.45, 7) is 6.60. The van der Waals surface area contributed by atoms with Crippen molar-refractivity contribution >= 4 is 5.82 Å². The van der Waals surface area contributed by atoms with Gasteiger partial charge in [0.15, 0.2) is 0 Å². The topological polar surface area (TPSA) is 51.4 Å². The molecule has 0 spiro atoms. The van der Waals surface area contributed by atoms with E-state index in [0.29, 0.717) is 12.6 Å². The normalized spacial score (nSPS) is 25.0. The van der Waals surface area contributed by atoms with Crippen LogP contribution in [0.25, 0.3) is 0 Å². The quantitative estimate of drug-likeness (QED) is 0.855. The van der Waals surface area contributed by atoms with Gasteiger partial charge in [0.2, 0.25) is 0 Å². The Kier molecular flexibility index (Phi) is 3.97. The molecule has 1 aromatic rings. The van der Waals surface area contributed by atoms with Crippen LogP contribution in [-0.2, 0) is 11.2 Å². The maximum absolute atomic E-state index is 5.65. The zero-order valence-electron chi connectivity index (χ0n) is 10.6. The van der Waals surface area contributed by atoms with Crippen LogP contribution >= 0.6 is 0 Å². The highest BCUT2D eigenvalue weighted by Crippen LogP contribution is 2.23. The van der Waals surface area contributed by atoms with E-state index in [9.17, 15) is 0 Å². The molecule has 0 amide bonds. The summed E-state index contributed by atoms with van der Waals surface area (Å²) in [7, 11) is 0. The number of hydrogen-bond acceptors (Lipinski definition) is 4. The molecule has 2 heterocycles. The molecule has 17 heavy (non-hydrogen) atoms. The molecule has 1 fully saturated rings. The Morgan fingerprint density at radius 2 is 2.35 bits per heavy atom. The summed E-state index contributed by atoms with van der Waals surface area (Å²) in [6, 6.07) is 4.46. The number of rotatable bonds is 3. The lowest BCUT2D eigenvalue weighted by atomic mass is 10.1. The van der Waals surface area contributed by atoms with Gasteiger partial charge in [0, 0.05) is 12.7 Å². The van der Waals surface area contributed by atoms with Crippen LogP contribution in [0.1, 0.15) is 19.4 Å². The highest BCUT2D eigenvalue weighted by Gasteiger charge is 2.25. The molecule has 1 aromatic heterocycles. The van der Waals surface area contributed by atoms with Gasteiger partial charge in [-0.25, -0.2) is 4.98 Å². The summed E-state index contributed by atoms with van der Waals surface area (Å²) < 4.78 is 5.65. The monoisotopic (exact) mass is 235 g/mol. The predicted molar refractivity (Wildman–Crippen MR) is 69.2 cm³/mol. The average molecular weight is 235 g/mol. The molecule has 94 valence electrons. The van der Waals surface area contributed by atoms with Crippen LogP contribution in [-0.4, -0.2) is 36.8 Å². The fourth-order valence-corrected chi connectivity index (χ4v) is 2.24. The Morgan fingerprint density at radius 1 is 1.53 bits per heavy atom. The molecule has 1 aliphatic heterocycles. The van der Waals surface area contributed by atoms with E-state index in [-0.39, 0.29) is 6.10 Å². The summed E-state index contributed by atoms with van der Waals surface area (Å²) in [6.07, 6.45) is 2.99. The number of anilines is 1. The minimum atomic E-state index is 0.263. The molecular formula is C13H21N3O. The van der Waals surface area contributed by atoms with E-state index < -0.39 is 0 Å². The van der Waals surface area contributed by atoms with Gasteiger partial charge >= 0.3 is 0 Å². The van der Waals surface area contributed by atoms with Crippen molar-refractivity contribution in [1.29, 1.82) is 0 Å².